The highest BCUT2D eigenvalue weighted by molar-refractivity contribution is 5.19. The molecule has 0 amide bonds. The van der Waals surface area contributed by atoms with Gasteiger partial charge < -0.3 is 0 Å². The number of hydrogen-bond donors (Lipinski definition) is 0. The fourth-order valence-electron chi connectivity index (χ4n) is 4.83. The predicted molar refractivity (Wildman–Crippen MR) is 95.4 cm³/mol. The van der Waals surface area contributed by atoms with Gasteiger partial charge in [0, 0.05) is 2.85 Å². The van der Waals surface area contributed by atoms with Crippen molar-refractivity contribution < 1.29 is 16.0 Å². The first-order valence-corrected chi connectivity index (χ1v) is 9.66. The third kappa shape index (κ3) is 4.34. The van der Waals surface area contributed by atoms with Gasteiger partial charge in [-0.2, -0.15) is 0 Å². The molecule has 0 heterocycles. The van der Waals surface area contributed by atoms with Gasteiger partial charge in [-0.25, -0.2) is 13.2 Å². The summed E-state index contributed by atoms with van der Waals surface area (Å²) in [6.45, 7) is 2.37. The average molecular weight is 342 g/mol. The fourth-order valence-corrected chi connectivity index (χ4v) is 4.83. The van der Waals surface area contributed by atoms with Gasteiger partial charge in [0.25, 0.3) is 0 Å². The monoisotopic (exact) mass is 342 g/mol. The van der Waals surface area contributed by atoms with Crippen molar-refractivity contribution in [2.45, 2.75) is 71.1 Å². The molecule has 0 nitrogen and oxygen atoms in total. The van der Waals surface area contributed by atoms with E-state index in [2.05, 4.69) is 6.92 Å². The van der Waals surface area contributed by atoms with Crippen molar-refractivity contribution in [3.63, 3.8) is 0 Å². The molecule has 3 rings (SSSR count). The van der Waals surface area contributed by atoms with E-state index < -0.39 is 17.5 Å². The summed E-state index contributed by atoms with van der Waals surface area (Å²) in [5, 5.41) is 0. The van der Waals surface area contributed by atoms with Gasteiger partial charge in [-0.3, -0.25) is 0 Å². The van der Waals surface area contributed by atoms with Crippen LogP contribution in [0, 0.1) is 41.1 Å². The molecule has 0 bridgehead atoms. The lowest BCUT2D eigenvalue weighted by atomic mass is 9.69. The molecule has 2 aliphatic carbocycles. The molecular formula is C21H33F3. The first-order chi connectivity index (χ1) is 11.5. The second kappa shape index (κ2) is 7.93. The molecule has 0 radical (unpaired) electrons. The topological polar surface area (TPSA) is 0 Å². The van der Waals surface area contributed by atoms with Gasteiger partial charge in [0.15, 0.2) is 17.5 Å². The molecule has 0 unspecified atom stereocenters. The zero-order chi connectivity index (χ0) is 17.1. The third-order valence-corrected chi connectivity index (χ3v) is 6.50. The van der Waals surface area contributed by atoms with Crippen molar-refractivity contribution >= 4 is 0 Å². The van der Waals surface area contributed by atoms with E-state index in [9.17, 15) is 13.2 Å². The van der Waals surface area contributed by atoms with Gasteiger partial charge in [-0.05, 0) is 79.9 Å². The van der Waals surface area contributed by atoms with E-state index in [1.807, 2.05) is 0 Å². The molecule has 0 spiro atoms. The van der Waals surface area contributed by atoms with Crippen LogP contribution in [-0.4, -0.2) is 0 Å². The Hall–Kier alpha value is -0.990. The number of benzene rings is 1. The van der Waals surface area contributed by atoms with Gasteiger partial charge in [0.05, 0.1) is 0 Å². The van der Waals surface area contributed by atoms with Crippen LogP contribution in [0.1, 0.15) is 73.1 Å². The maximum Gasteiger partial charge on any atom is 0.194 e. The molecule has 0 aliphatic heterocycles. The van der Waals surface area contributed by atoms with Crippen LogP contribution >= 0.6 is 0 Å². The molecule has 0 atom stereocenters. The van der Waals surface area contributed by atoms with Crippen molar-refractivity contribution in [2.75, 3.05) is 0 Å². The van der Waals surface area contributed by atoms with Crippen LogP contribution in [0.25, 0.3) is 0 Å². The third-order valence-electron chi connectivity index (χ3n) is 6.50. The second-order valence-electron chi connectivity index (χ2n) is 8.21. The predicted octanol–water partition coefficient (Wildman–Crippen LogP) is 7.16. The average Bonchev–Trinajstić information content (AvgIpc) is 2.59. The highest BCUT2D eigenvalue weighted by Gasteiger charge is 2.29. The van der Waals surface area contributed by atoms with E-state index in [-0.39, 0.29) is 2.85 Å². The maximum atomic E-state index is 13.3. The SMILES string of the molecule is CC1CCC(C2CCC(CCc3cc(F)c(F)c(F)c3)CC2)CC1.[HH].[HH]. The number of rotatable bonds is 4. The van der Waals surface area contributed by atoms with Gasteiger partial charge in [0.1, 0.15) is 0 Å². The lowest BCUT2D eigenvalue weighted by Crippen LogP contribution is -2.25. The summed E-state index contributed by atoms with van der Waals surface area (Å²) in [5.41, 5.74) is 0.579. The molecule has 0 N–H and O–H groups in total. The Morgan fingerprint density at radius 3 is 1.88 bits per heavy atom. The van der Waals surface area contributed by atoms with Crippen molar-refractivity contribution in [3.8, 4) is 0 Å². The first-order valence-electron chi connectivity index (χ1n) is 9.66. The van der Waals surface area contributed by atoms with E-state index in [1.165, 1.54) is 51.4 Å². The summed E-state index contributed by atoms with van der Waals surface area (Å²) in [7, 11) is 0. The molecule has 2 saturated carbocycles. The molecule has 2 fully saturated rings. The van der Waals surface area contributed by atoms with E-state index in [4.69, 9.17) is 0 Å². The van der Waals surface area contributed by atoms with Crippen LogP contribution in [0.2, 0.25) is 0 Å². The number of hydrogen-bond acceptors (Lipinski definition) is 0. The molecule has 1 aromatic rings. The van der Waals surface area contributed by atoms with Crippen molar-refractivity contribution in [3.05, 3.63) is 35.1 Å². The minimum Gasteiger partial charge on any atom is -0.204 e. The first kappa shape index (κ1) is 17.8. The number of aryl methyl sites for hydroxylation is 1. The van der Waals surface area contributed by atoms with Crippen molar-refractivity contribution in [1.29, 1.82) is 0 Å². The zero-order valence-corrected chi connectivity index (χ0v) is 14.7. The minimum atomic E-state index is -1.36. The van der Waals surface area contributed by atoms with E-state index in [0.29, 0.717) is 17.9 Å². The van der Waals surface area contributed by atoms with Crippen LogP contribution < -0.4 is 0 Å². The normalized spacial score (nSPS) is 31.2. The summed E-state index contributed by atoms with van der Waals surface area (Å²) in [6, 6.07) is 2.29. The van der Waals surface area contributed by atoms with Crippen LogP contribution in [0.5, 0.6) is 0 Å². The lowest BCUT2D eigenvalue weighted by Gasteiger charge is -2.37. The molecule has 3 heteroatoms. The second-order valence-corrected chi connectivity index (χ2v) is 8.21. The summed E-state index contributed by atoms with van der Waals surface area (Å²) >= 11 is 0. The van der Waals surface area contributed by atoms with Crippen LogP contribution in [0.4, 0.5) is 13.2 Å². The quantitative estimate of drug-likeness (QED) is 0.509. The van der Waals surface area contributed by atoms with Crippen LogP contribution in [-0.2, 0) is 6.42 Å². The molecule has 1 aromatic carbocycles. The van der Waals surface area contributed by atoms with Gasteiger partial charge >= 0.3 is 0 Å². The molecule has 0 aromatic heterocycles. The molecular weight excluding hydrogens is 309 g/mol. The van der Waals surface area contributed by atoms with E-state index >= 15 is 0 Å². The Bertz CT molecular complexity index is 525. The van der Waals surface area contributed by atoms with E-state index in [0.717, 1.165) is 36.3 Å². The van der Waals surface area contributed by atoms with E-state index in [1.54, 1.807) is 0 Å². The Morgan fingerprint density at radius 1 is 0.833 bits per heavy atom. The summed E-state index contributed by atoms with van der Waals surface area (Å²) in [6.07, 6.45) is 12.3. The largest absolute Gasteiger partial charge is 0.204 e. The molecule has 2 aliphatic rings. The maximum absolute atomic E-state index is 13.3. The van der Waals surface area contributed by atoms with Crippen LogP contribution in [0.15, 0.2) is 12.1 Å². The van der Waals surface area contributed by atoms with Gasteiger partial charge in [-0.1, -0.05) is 32.6 Å². The Labute approximate surface area is 146 Å². The summed E-state index contributed by atoms with van der Waals surface area (Å²) < 4.78 is 39.6. The highest BCUT2D eigenvalue weighted by atomic mass is 19.2. The Balaban J connectivity index is 0.00000169. The molecule has 24 heavy (non-hydrogen) atoms. The zero-order valence-electron chi connectivity index (χ0n) is 14.7. The summed E-state index contributed by atoms with van der Waals surface area (Å²) in [4.78, 5) is 0. The van der Waals surface area contributed by atoms with Gasteiger partial charge in [0.2, 0.25) is 0 Å². The highest BCUT2D eigenvalue weighted by Crippen LogP contribution is 2.42. The molecule has 0 saturated heterocycles. The Kier molecular flexibility index (Phi) is 5.89. The van der Waals surface area contributed by atoms with Crippen molar-refractivity contribution in [2.24, 2.45) is 23.7 Å². The standard InChI is InChI=1S/C21H29F3.2H2/c1-14-2-8-17(9-3-14)18-10-6-15(7-11-18)4-5-16-12-19(22)21(24)20(23)13-16;;/h12-15,17-18H,2-11H2,1H3;2*1H. The lowest BCUT2D eigenvalue weighted by molar-refractivity contribution is 0.148. The molecule has 138 valence electrons. The fraction of sp³-hybridized carbons (Fsp3) is 0.714. The smallest absolute Gasteiger partial charge is 0.194 e. The Morgan fingerprint density at radius 2 is 1.33 bits per heavy atom. The van der Waals surface area contributed by atoms with Crippen molar-refractivity contribution in [1.82, 2.24) is 0 Å². The van der Waals surface area contributed by atoms with Crippen LogP contribution in [0.3, 0.4) is 0 Å². The minimum absolute atomic E-state index is 0. The summed E-state index contributed by atoms with van der Waals surface area (Å²) in [5.74, 6) is -0.104. The number of halogens is 3. The van der Waals surface area contributed by atoms with Gasteiger partial charge in [-0.15, -0.1) is 0 Å².